The van der Waals surface area contributed by atoms with Gasteiger partial charge in [0, 0.05) is 0 Å². The quantitative estimate of drug-likeness (QED) is 0.801. The second-order valence-electron chi connectivity index (χ2n) is 4.49. The summed E-state index contributed by atoms with van der Waals surface area (Å²) in [6.45, 7) is 6.25. The molecule has 1 aromatic carbocycles. The van der Waals surface area contributed by atoms with E-state index in [2.05, 4.69) is 37.5 Å². The molecule has 0 saturated carbocycles. The number of fused-ring (bicyclic) bond motifs is 1. The van der Waals surface area contributed by atoms with Crippen molar-refractivity contribution in [1.82, 2.24) is 0 Å². The molecule has 1 aliphatic heterocycles. The highest BCUT2D eigenvalue weighted by molar-refractivity contribution is 6.03. The molecule has 1 heterocycles. The van der Waals surface area contributed by atoms with Gasteiger partial charge >= 0.3 is 0 Å². The maximum atomic E-state index is 11.9. The number of para-hydroxylation sites is 1. The van der Waals surface area contributed by atoms with Gasteiger partial charge in [-0.05, 0) is 24.5 Å². The van der Waals surface area contributed by atoms with Gasteiger partial charge in [-0.15, -0.1) is 0 Å². The van der Waals surface area contributed by atoms with Crippen molar-refractivity contribution in [2.45, 2.75) is 33.2 Å². The molecule has 2 atom stereocenters. The van der Waals surface area contributed by atoms with E-state index in [0.29, 0.717) is 5.92 Å². The van der Waals surface area contributed by atoms with Crippen molar-refractivity contribution >= 4 is 17.3 Å². The average Bonchev–Trinajstić information content (AvgIpc) is 2.28. The first kappa shape index (κ1) is 11.0. The van der Waals surface area contributed by atoms with Gasteiger partial charge in [0.05, 0.1) is 11.4 Å². The molecule has 1 aromatic rings. The van der Waals surface area contributed by atoms with Crippen LogP contribution >= 0.6 is 0 Å². The summed E-state index contributed by atoms with van der Waals surface area (Å²) in [5.74, 6) is 0.417. The molecule has 86 valence electrons. The molecule has 0 aromatic heterocycles. The molecule has 0 radical (unpaired) electrons. The Hall–Kier alpha value is -1.51. The third kappa shape index (κ3) is 1.77. The largest absolute Gasteiger partial charge is 0.372 e. The predicted octanol–water partition coefficient (Wildman–Crippen LogP) is 2.77. The lowest BCUT2D eigenvalue weighted by Crippen LogP contribution is -2.43. The van der Waals surface area contributed by atoms with E-state index in [0.717, 1.165) is 17.8 Å². The second kappa shape index (κ2) is 4.16. The monoisotopic (exact) mass is 218 g/mol. The standard InChI is InChI=1S/C13H18N2O/c1-4-8(2)12-13(16)14-10-7-5-6-9(3)11(10)15-12/h5-8,12,15H,4H2,1-3H3,(H,14,16). The highest BCUT2D eigenvalue weighted by atomic mass is 16.2. The van der Waals surface area contributed by atoms with Crippen LogP contribution in [0.4, 0.5) is 11.4 Å². The van der Waals surface area contributed by atoms with Crippen molar-refractivity contribution < 1.29 is 4.79 Å². The normalized spacial score (nSPS) is 20.7. The van der Waals surface area contributed by atoms with E-state index in [4.69, 9.17) is 0 Å². The molecule has 3 heteroatoms. The van der Waals surface area contributed by atoms with Crippen LogP contribution in [0, 0.1) is 12.8 Å². The van der Waals surface area contributed by atoms with Crippen LogP contribution in [0.15, 0.2) is 18.2 Å². The molecule has 0 aliphatic carbocycles. The summed E-state index contributed by atoms with van der Waals surface area (Å²) in [5, 5.41) is 6.32. The van der Waals surface area contributed by atoms with Crippen molar-refractivity contribution in [1.29, 1.82) is 0 Å². The predicted molar refractivity (Wildman–Crippen MR) is 66.7 cm³/mol. The van der Waals surface area contributed by atoms with Gasteiger partial charge in [-0.2, -0.15) is 0 Å². The molecule has 0 saturated heterocycles. The number of hydrogen-bond acceptors (Lipinski definition) is 2. The Bertz CT molecular complexity index is 414. The Labute approximate surface area is 96.2 Å². The summed E-state index contributed by atoms with van der Waals surface area (Å²) < 4.78 is 0. The lowest BCUT2D eigenvalue weighted by Gasteiger charge is -2.31. The van der Waals surface area contributed by atoms with Crippen molar-refractivity contribution in [3.8, 4) is 0 Å². The first-order valence-corrected chi connectivity index (χ1v) is 5.80. The van der Waals surface area contributed by atoms with E-state index in [1.807, 2.05) is 12.1 Å². The summed E-state index contributed by atoms with van der Waals surface area (Å²) >= 11 is 0. The number of anilines is 2. The number of benzene rings is 1. The third-order valence-electron chi connectivity index (χ3n) is 3.33. The molecule has 2 N–H and O–H groups in total. The van der Waals surface area contributed by atoms with Gasteiger partial charge in [0.25, 0.3) is 0 Å². The highest BCUT2D eigenvalue weighted by Gasteiger charge is 2.29. The number of carbonyl (C=O) groups excluding carboxylic acids is 1. The SMILES string of the molecule is CCC(C)C1Nc2c(C)cccc2NC1=O. The van der Waals surface area contributed by atoms with Gasteiger partial charge in [-0.25, -0.2) is 0 Å². The summed E-state index contributed by atoms with van der Waals surface area (Å²) in [6.07, 6.45) is 0.992. The number of rotatable bonds is 2. The smallest absolute Gasteiger partial charge is 0.247 e. The van der Waals surface area contributed by atoms with E-state index in [9.17, 15) is 4.79 Å². The maximum Gasteiger partial charge on any atom is 0.247 e. The second-order valence-corrected chi connectivity index (χ2v) is 4.49. The number of hydrogen-bond donors (Lipinski definition) is 2. The van der Waals surface area contributed by atoms with Crippen molar-refractivity contribution in [3.05, 3.63) is 23.8 Å². The van der Waals surface area contributed by atoms with Crippen LogP contribution in [0.2, 0.25) is 0 Å². The first-order chi connectivity index (χ1) is 7.63. The van der Waals surface area contributed by atoms with E-state index < -0.39 is 0 Å². The Kier molecular flexibility index (Phi) is 2.86. The van der Waals surface area contributed by atoms with Crippen LogP contribution in [0.1, 0.15) is 25.8 Å². The van der Waals surface area contributed by atoms with Crippen molar-refractivity contribution in [2.24, 2.45) is 5.92 Å². The van der Waals surface area contributed by atoms with Gasteiger partial charge in [-0.1, -0.05) is 32.4 Å². The van der Waals surface area contributed by atoms with Crippen molar-refractivity contribution in [2.75, 3.05) is 10.6 Å². The van der Waals surface area contributed by atoms with Crippen LogP contribution < -0.4 is 10.6 Å². The Morgan fingerprint density at radius 1 is 1.44 bits per heavy atom. The van der Waals surface area contributed by atoms with Crippen LogP contribution in [0.25, 0.3) is 0 Å². The topological polar surface area (TPSA) is 41.1 Å². The van der Waals surface area contributed by atoms with Crippen LogP contribution in [-0.4, -0.2) is 11.9 Å². The zero-order valence-corrected chi connectivity index (χ0v) is 10.0. The van der Waals surface area contributed by atoms with Gasteiger partial charge in [0.1, 0.15) is 6.04 Å². The van der Waals surface area contributed by atoms with Gasteiger partial charge in [0.2, 0.25) is 5.91 Å². The molecule has 0 fully saturated rings. The van der Waals surface area contributed by atoms with Gasteiger partial charge in [-0.3, -0.25) is 4.79 Å². The van der Waals surface area contributed by atoms with Gasteiger partial charge in [0.15, 0.2) is 0 Å². The molecule has 16 heavy (non-hydrogen) atoms. The number of aryl methyl sites for hydroxylation is 1. The molecule has 2 unspecified atom stereocenters. The van der Waals surface area contributed by atoms with E-state index >= 15 is 0 Å². The highest BCUT2D eigenvalue weighted by Crippen LogP contribution is 2.31. The Balaban J connectivity index is 2.33. The Morgan fingerprint density at radius 3 is 2.88 bits per heavy atom. The molecule has 0 spiro atoms. The van der Waals surface area contributed by atoms with E-state index in [1.54, 1.807) is 0 Å². The Morgan fingerprint density at radius 2 is 2.19 bits per heavy atom. The maximum absolute atomic E-state index is 11.9. The minimum Gasteiger partial charge on any atom is -0.372 e. The fourth-order valence-electron chi connectivity index (χ4n) is 2.03. The molecular weight excluding hydrogens is 200 g/mol. The summed E-state index contributed by atoms with van der Waals surface area (Å²) in [6, 6.07) is 5.83. The third-order valence-corrected chi connectivity index (χ3v) is 3.33. The molecule has 3 nitrogen and oxygen atoms in total. The number of carbonyl (C=O) groups is 1. The van der Waals surface area contributed by atoms with Crippen molar-refractivity contribution in [3.63, 3.8) is 0 Å². The average molecular weight is 218 g/mol. The fourth-order valence-corrected chi connectivity index (χ4v) is 2.03. The zero-order valence-electron chi connectivity index (χ0n) is 10.0. The lowest BCUT2D eigenvalue weighted by molar-refractivity contribution is -0.118. The summed E-state index contributed by atoms with van der Waals surface area (Å²) in [7, 11) is 0. The van der Waals surface area contributed by atoms with Gasteiger partial charge < -0.3 is 10.6 Å². The number of amides is 1. The lowest BCUT2D eigenvalue weighted by atomic mass is 9.95. The van der Waals surface area contributed by atoms with E-state index in [1.165, 1.54) is 5.56 Å². The molecule has 2 rings (SSSR count). The molecule has 1 amide bonds. The minimum absolute atomic E-state index is 0.0763. The molecule has 0 bridgehead atoms. The number of nitrogens with one attached hydrogen (secondary N) is 2. The van der Waals surface area contributed by atoms with Crippen LogP contribution in [-0.2, 0) is 4.79 Å². The molecule has 1 aliphatic rings. The molecular formula is C13H18N2O. The zero-order chi connectivity index (χ0) is 11.7. The summed E-state index contributed by atoms with van der Waals surface area (Å²) in [5.41, 5.74) is 3.13. The summed E-state index contributed by atoms with van der Waals surface area (Å²) in [4.78, 5) is 11.9. The fraction of sp³-hybridized carbons (Fsp3) is 0.462. The van der Waals surface area contributed by atoms with Crippen LogP contribution in [0.5, 0.6) is 0 Å². The minimum atomic E-state index is -0.112. The first-order valence-electron chi connectivity index (χ1n) is 5.80. The van der Waals surface area contributed by atoms with Crippen LogP contribution in [0.3, 0.4) is 0 Å². The van der Waals surface area contributed by atoms with E-state index in [-0.39, 0.29) is 11.9 Å².